The third-order valence-electron chi connectivity index (χ3n) is 11.3. The van der Waals surface area contributed by atoms with Crippen LogP contribution in [0.3, 0.4) is 0 Å². The number of unbranched alkanes of at least 4 members (excludes halogenated alkanes) is 26. The van der Waals surface area contributed by atoms with Crippen molar-refractivity contribution in [3.63, 3.8) is 0 Å². The van der Waals surface area contributed by atoms with E-state index in [1.165, 1.54) is 122 Å². The maximum atomic E-state index is 12.8. The molecule has 0 N–H and O–H groups in total. The van der Waals surface area contributed by atoms with E-state index in [4.69, 9.17) is 14.2 Å². The summed E-state index contributed by atoms with van der Waals surface area (Å²) in [5.41, 5.74) is 0. The lowest BCUT2D eigenvalue weighted by molar-refractivity contribution is -0.167. The van der Waals surface area contributed by atoms with Crippen molar-refractivity contribution in [2.45, 2.75) is 264 Å². The van der Waals surface area contributed by atoms with Crippen molar-refractivity contribution in [3.05, 3.63) is 60.8 Å². The average molecular weight is 867 g/mol. The predicted molar refractivity (Wildman–Crippen MR) is 265 cm³/mol. The van der Waals surface area contributed by atoms with Crippen LogP contribution in [0.25, 0.3) is 0 Å². The number of carbonyl (C=O) groups is 3. The summed E-state index contributed by atoms with van der Waals surface area (Å²) in [6, 6.07) is 0. The lowest BCUT2D eigenvalue weighted by Crippen LogP contribution is -2.30. The molecule has 0 aromatic carbocycles. The van der Waals surface area contributed by atoms with E-state index in [1.54, 1.807) is 0 Å². The van der Waals surface area contributed by atoms with Gasteiger partial charge in [-0.05, 0) is 83.5 Å². The molecule has 0 aromatic heterocycles. The van der Waals surface area contributed by atoms with E-state index in [0.717, 1.165) is 96.3 Å². The molecule has 1 atom stereocenters. The molecular formula is C56H98O6. The Morgan fingerprint density at radius 1 is 0.339 bits per heavy atom. The molecule has 0 aliphatic heterocycles. The Kier molecular flexibility index (Phi) is 48.4. The molecule has 6 heteroatoms. The fraction of sp³-hybridized carbons (Fsp3) is 0.768. The SMILES string of the molecule is CC/C=C\C/C=C\C/C=C\C/C=C\CCCCCCC(=O)OC[C@H](COC(=O)CCCCCCCCCCCCCC)OC(=O)CCCCCCCCC/C=C\CCCCCC. The predicted octanol–water partition coefficient (Wildman–Crippen LogP) is 17.3. The van der Waals surface area contributed by atoms with Crippen molar-refractivity contribution < 1.29 is 28.6 Å². The first-order valence-electron chi connectivity index (χ1n) is 26.3. The topological polar surface area (TPSA) is 78.9 Å². The Bertz CT molecular complexity index is 1130. The summed E-state index contributed by atoms with van der Waals surface area (Å²) in [6.07, 6.45) is 62.0. The third kappa shape index (κ3) is 48.1. The zero-order valence-electron chi connectivity index (χ0n) is 40.9. The van der Waals surface area contributed by atoms with Crippen LogP contribution in [-0.2, 0) is 28.6 Å². The first kappa shape index (κ1) is 59.1. The zero-order chi connectivity index (χ0) is 45.1. The molecule has 0 heterocycles. The van der Waals surface area contributed by atoms with Crippen molar-refractivity contribution in [3.8, 4) is 0 Å². The van der Waals surface area contributed by atoms with Crippen molar-refractivity contribution in [1.29, 1.82) is 0 Å². The van der Waals surface area contributed by atoms with Crippen LogP contribution < -0.4 is 0 Å². The molecule has 0 unspecified atom stereocenters. The van der Waals surface area contributed by atoms with Crippen LogP contribution in [0.1, 0.15) is 258 Å². The highest BCUT2D eigenvalue weighted by Crippen LogP contribution is 2.15. The minimum Gasteiger partial charge on any atom is -0.462 e. The van der Waals surface area contributed by atoms with Gasteiger partial charge in [-0.3, -0.25) is 14.4 Å². The Morgan fingerprint density at radius 2 is 0.629 bits per heavy atom. The molecule has 0 aliphatic carbocycles. The number of ether oxygens (including phenoxy) is 3. The first-order chi connectivity index (χ1) is 30.5. The fourth-order valence-corrected chi connectivity index (χ4v) is 7.31. The summed E-state index contributed by atoms with van der Waals surface area (Å²) < 4.78 is 16.8. The molecule has 0 rings (SSSR count). The van der Waals surface area contributed by atoms with Gasteiger partial charge in [0.05, 0.1) is 0 Å². The van der Waals surface area contributed by atoms with E-state index in [-0.39, 0.29) is 31.1 Å². The second-order valence-electron chi connectivity index (χ2n) is 17.4. The second-order valence-corrected chi connectivity index (χ2v) is 17.4. The molecule has 0 bridgehead atoms. The Labute approximate surface area is 383 Å². The highest BCUT2D eigenvalue weighted by atomic mass is 16.6. The summed E-state index contributed by atoms with van der Waals surface area (Å²) in [5, 5.41) is 0. The quantitative estimate of drug-likeness (QED) is 0.0262. The van der Waals surface area contributed by atoms with Gasteiger partial charge < -0.3 is 14.2 Å². The van der Waals surface area contributed by atoms with Gasteiger partial charge in [-0.2, -0.15) is 0 Å². The lowest BCUT2D eigenvalue weighted by atomic mass is 10.0. The number of hydrogen-bond acceptors (Lipinski definition) is 6. The Hall–Kier alpha value is -2.89. The monoisotopic (exact) mass is 867 g/mol. The van der Waals surface area contributed by atoms with E-state index < -0.39 is 6.10 Å². The molecular weight excluding hydrogens is 769 g/mol. The van der Waals surface area contributed by atoms with Crippen LogP contribution in [0.5, 0.6) is 0 Å². The van der Waals surface area contributed by atoms with E-state index in [2.05, 4.69) is 81.5 Å². The van der Waals surface area contributed by atoms with Crippen molar-refractivity contribution in [2.75, 3.05) is 13.2 Å². The molecule has 0 aliphatic rings. The standard InChI is InChI=1S/C56H98O6/c1-4-7-10-13-16-19-22-25-27-28-30-31-34-37-40-43-46-49-55(58)61-52-53(51-60-54(57)48-45-42-39-36-33-24-21-18-15-12-9-6-3)62-56(59)50-47-44-41-38-35-32-29-26-23-20-17-14-11-8-5-2/h7,10,16,19-20,23,25,27,30-31,53H,4-6,8-9,11-15,17-18,21-22,24,26,28-29,32-52H2,1-3H3/b10-7-,19-16-,23-20-,27-25-,31-30-/t53-/m0/s1. The fourth-order valence-electron chi connectivity index (χ4n) is 7.31. The van der Waals surface area contributed by atoms with Crippen LogP contribution in [0.15, 0.2) is 60.8 Å². The highest BCUT2D eigenvalue weighted by Gasteiger charge is 2.19. The number of esters is 3. The molecule has 0 amide bonds. The minimum atomic E-state index is -0.783. The number of hydrogen-bond donors (Lipinski definition) is 0. The van der Waals surface area contributed by atoms with Gasteiger partial charge in [-0.25, -0.2) is 0 Å². The maximum absolute atomic E-state index is 12.8. The van der Waals surface area contributed by atoms with Gasteiger partial charge in [0.2, 0.25) is 0 Å². The van der Waals surface area contributed by atoms with Gasteiger partial charge >= 0.3 is 17.9 Å². The third-order valence-corrected chi connectivity index (χ3v) is 11.3. The van der Waals surface area contributed by atoms with Crippen molar-refractivity contribution in [1.82, 2.24) is 0 Å². The van der Waals surface area contributed by atoms with Gasteiger partial charge in [0.1, 0.15) is 13.2 Å². The molecule has 0 spiro atoms. The lowest BCUT2D eigenvalue weighted by Gasteiger charge is -2.18. The summed E-state index contributed by atoms with van der Waals surface area (Å²) in [5.74, 6) is -0.905. The summed E-state index contributed by atoms with van der Waals surface area (Å²) >= 11 is 0. The smallest absolute Gasteiger partial charge is 0.306 e. The first-order valence-corrected chi connectivity index (χ1v) is 26.3. The Balaban J connectivity index is 4.41. The summed E-state index contributed by atoms with van der Waals surface area (Å²) in [7, 11) is 0. The van der Waals surface area contributed by atoms with Crippen molar-refractivity contribution >= 4 is 17.9 Å². The van der Waals surface area contributed by atoms with E-state index in [1.807, 2.05) is 0 Å². The number of allylic oxidation sites excluding steroid dienone is 10. The summed E-state index contributed by atoms with van der Waals surface area (Å²) in [6.45, 7) is 6.50. The molecule has 0 fully saturated rings. The van der Waals surface area contributed by atoms with Gasteiger partial charge in [0.15, 0.2) is 6.10 Å². The molecule has 0 saturated heterocycles. The molecule has 6 nitrogen and oxygen atoms in total. The van der Waals surface area contributed by atoms with E-state index >= 15 is 0 Å². The largest absolute Gasteiger partial charge is 0.462 e. The number of carbonyl (C=O) groups excluding carboxylic acids is 3. The molecule has 0 aromatic rings. The number of rotatable bonds is 47. The van der Waals surface area contributed by atoms with Gasteiger partial charge in [0, 0.05) is 19.3 Å². The molecule has 62 heavy (non-hydrogen) atoms. The van der Waals surface area contributed by atoms with Crippen LogP contribution in [-0.4, -0.2) is 37.2 Å². The molecule has 0 saturated carbocycles. The zero-order valence-corrected chi connectivity index (χ0v) is 40.9. The summed E-state index contributed by atoms with van der Waals surface area (Å²) in [4.78, 5) is 38.0. The van der Waals surface area contributed by atoms with E-state index in [9.17, 15) is 14.4 Å². The molecule has 0 radical (unpaired) electrons. The van der Waals surface area contributed by atoms with Gasteiger partial charge in [-0.1, -0.05) is 216 Å². The van der Waals surface area contributed by atoms with Gasteiger partial charge in [-0.15, -0.1) is 0 Å². The van der Waals surface area contributed by atoms with Crippen molar-refractivity contribution in [2.24, 2.45) is 0 Å². The highest BCUT2D eigenvalue weighted by molar-refractivity contribution is 5.71. The molecule has 358 valence electrons. The average Bonchev–Trinajstić information content (AvgIpc) is 3.27. The van der Waals surface area contributed by atoms with Crippen LogP contribution in [0.2, 0.25) is 0 Å². The van der Waals surface area contributed by atoms with Crippen LogP contribution >= 0.6 is 0 Å². The van der Waals surface area contributed by atoms with Crippen LogP contribution in [0.4, 0.5) is 0 Å². The Morgan fingerprint density at radius 3 is 1.02 bits per heavy atom. The van der Waals surface area contributed by atoms with Crippen LogP contribution in [0, 0.1) is 0 Å². The van der Waals surface area contributed by atoms with Gasteiger partial charge in [0.25, 0.3) is 0 Å². The minimum absolute atomic E-state index is 0.0819. The maximum Gasteiger partial charge on any atom is 0.306 e. The normalized spacial score (nSPS) is 12.5. The second kappa shape index (κ2) is 50.8. The van der Waals surface area contributed by atoms with E-state index in [0.29, 0.717) is 19.3 Å².